The average molecular weight is 487 g/mol. The van der Waals surface area contributed by atoms with E-state index in [0.29, 0.717) is 28.3 Å². The molecular formula is C28H22N8O. The third-order valence-electron chi connectivity index (χ3n) is 6.79. The Bertz CT molecular complexity index is 1710. The standard InChI is InChI=1S/C28H22N8O/c1-17-25(36-16-32-20(15-29)14-24(36)33-17)23-10-13-31-27(35-23)28(11-12-28)19-8-6-18(7-9-19)26(37)34-22-5-3-2-4-21(22)30/h2-10,13-14,16H,11-12,30H2,1H3,(H,34,37). The van der Waals surface area contributed by atoms with Gasteiger partial charge in [0.05, 0.1) is 33.9 Å². The van der Waals surface area contributed by atoms with Gasteiger partial charge in [0.1, 0.15) is 29.6 Å². The smallest absolute Gasteiger partial charge is 0.255 e. The number of nitrogen functional groups attached to an aromatic ring is 1. The van der Waals surface area contributed by atoms with E-state index in [0.717, 1.165) is 41.3 Å². The van der Waals surface area contributed by atoms with Crippen LogP contribution in [0.25, 0.3) is 17.0 Å². The lowest BCUT2D eigenvalue weighted by atomic mass is 9.93. The summed E-state index contributed by atoms with van der Waals surface area (Å²) in [6.45, 7) is 1.91. The van der Waals surface area contributed by atoms with E-state index < -0.39 is 0 Å². The van der Waals surface area contributed by atoms with Crippen LogP contribution < -0.4 is 11.1 Å². The zero-order chi connectivity index (χ0) is 25.6. The molecule has 180 valence electrons. The number of nitrogens with zero attached hydrogens (tertiary/aromatic N) is 6. The first-order valence-corrected chi connectivity index (χ1v) is 11.8. The maximum absolute atomic E-state index is 12.7. The molecule has 0 atom stereocenters. The Balaban J connectivity index is 1.30. The molecule has 1 amide bonds. The quantitative estimate of drug-likeness (QED) is 0.354. The Morgan fingerprint density at radius 3 is 2.59 bits per heavy atom. The summed E-state index contributed by atoms with van der Waals surface area (Å²) in [5, 5.41) is 12.0. The van der Waals surface area contributed by atoms with Gasteiger partial charge in [-0.3, -0.25) is 9.20 Å². The van der Waals surface area contributed by atoms with Crippen LogP contribution in [0.2, 0.25) is 0 Å². The van der Waals surface area contributed by atoms with Gasteiger partial charge in [-0.15, -0.1) is 0 Å². The number of carbonyl (C=O) groups excluding carboxylic acids is 1. The third-order valence-corrected chi connectivity index (χ3v) is 6.79. The molecule has 3 heterocycles. The molecule has 1 fully saturated rings. The number of nitriles is 1. The van der Waals surface area contributed by atoms with Crippen LogP contribution in [0.1, 0.15) is 46.0 Å². The van der Waals surface area contributed by atoms with Crippen molar-refractivity contribution in [3.05, 3.63) is 102 Å². The van der Waals surface area contributed by atoms with Crippen LogP contribution in [-0.4, -0.2) is 30.2 Å². The van der Waals surface area contributed by atoms with Gasteiger partial charge in [-0.2, -0.15) is 5.26 Å². The maximum Gasteiger partial charge on any atom is 0.255 e. The van der Waals surface area contributed by atoms with Crippen molar-refractivity contribution in [2.24, 2.45) is 0 Å². The highest BCUT2D eigenvalue weighted by molar-refractivity contribution is 6.05. The number of anilines is 2. The highest BCUT2D eigenvalue weighted by Crippen LogP contribution is 2.52. The second-order valence-electron chi connectivity index (χ2n) is 9.13. The number of imidazole rings is 1. The molecule has 0 aliphatic heterocycles. The molecule has 9 nitrogen and oxygen atoms in total. The minimum absolute atomic E-state index is 0.219. The molecule has 1 aliphatic rings. The number of aryl methyl sites for hydroxylation is 1. The van der Waals surface area contributed by atoms with Gasteiger partial charge in [0.15, 0.2) is 0 Å². The van der Waals surface area contributed by atoms with E-state index in [1.54, 1.807) is 30.7 Å². The summed E-state index contributed by atoms with van der Waals surface area (Å²) in [5.74, 6) is 0.513. The zero-order valence-corrected chi connectivity index (χ0v) is 20.0. The van der Waals surface area contributed by atoms with E-state index >= 15 is 0 Å². The minimum atomic E-state index is -0.296. The maximum atomic E-state index is 12.7. The fourth-order valence-electron chi connectivity index (χ4n) is 4.67. The van der Waals surface area contributed by atoms with Crippen LogP contribution in [0.3, 0.4) is 0 Å². The number of para-hydroxylation sites is 2. The van der Waals surface area contributed by atoms with Crippen LogP contribution in [0.5, 0.6) is 0 Å². The molecule has 1 aliphatic carbocycles. The number of nitrogens with two attached hydrogens (primary N) is 1. The summed E-state index contributed by atoms with van der Waals surface area (Å²) < 4.78 is 1.84. The lowest BCUT2D eigenvalue weighted by Crippen LogP contribution is -2.16. The predicted molar refractivity (Wildman–Crippen MR) is 139 cm³/mol. The summed E-state index contributed by atoms with van der Waals surface area (Å²) in [6.07, 6.45) is 5.20. The first-order chi connectivity index (χ1) is 18.0. The second-order valence-corrected chi connectivity index (χ2v) is 9.13. The Morgan fingerprint density at radius 2 is 1.86 bits per heavy atom. The lowest BCUT2D eigenvalue weighted by molar-refractivity contribution is 0.102. The topological polar surface area (TPSA) is 135 Å². The van der Waals surface area contributed by atoms with E-state index in [-0.39, 0.29) is 11.3 Å². The molecule has 3 aromatic heterocycles. The minimum Gasteiger partial charge on any atom is -0.397 e. The first kappa shape index (κ1) is 22.4. The SMILES string of the molecule is Cc1nc2cc(C#N)ncn2c1-c1ccnc(C2(c3ccc(C(=O)Nc4ccccc4N)cc3)CC2)n1. The van der Waals surface area contributed by atoms with Gasteiger partial charge < -0.3 is 11.1 Å². The van der Waals surface area contributed by atoms with Gasteiger partial charge in [-0.1, -0.05) is 24.3 Å². The number of rotatable bonds is 5. The number of nitrogens with one attached hydrogen (secondary N) is 1. The van der Waals surface area contributed by atoms with Crippen molar-refractivity contribution in [3.63, 3.8) is 0 Å². The Morgan fingerprint density at radius 1 is 1.08 bits per heavy atom. The molecule has 0 spiro atoms. The molecule has 1 saturated carbocycles. The monoisotopic (exact) mass is 486 g/mol. The molecule has 0 saturated heterocycles. The van der Waals surface area contributed by atoms with Crippen molar-refractivity contribution < 1.29 is 4.79 Å². The van der Waals surface area contributed by atoms with Crippen LogP contribution in [0, 0.1) is 18.3 Å². The van der Waals surface area contributed by atoms with Crippen molar-refractivity contribution in [1.82, 2.24) is 24.3 Å². The van der Waals surface area contributed by atoms with E-state index in [2.05, 4.69) is 20.3 Å². The van der Waals surface area contributed by atoms with Crippen molar-refractivity contribution in [2.45, 2.75) is 25.2 Å². The summed E-state index contributed by atoms with van der Waals surface area (Å²) in [5.41, 5.74) is 11.7. The highest BCUT2D eigenvalue weighted by Gasteiger charge is 2.48. The molecule has 37 heavy (non-hydrogen) atoms. The Labute approximate surface area is 212 Å². The van der Waals surface area contributed by atoms with E-state index in [1.807, 2.05) is 59.9 Å². The molecule has 0 unspecified atom stereocenters. The summed E-state index contributed by atoms with van der Waals surface area (Å²) >= 11 is 0. The van der Waals surface area contributed by atoms with Crippen molar-refractivity contribution in [3.8, 4) is 17.5 Å². The van der Waals surface area contributed by atoms with Crippen molar-refractivity contribution >= 4 is 22.9 Å². The molecule has 9 heteroatoms. The number of benzene rings is 2. The van der Waals surface area contributed by atoms with Gasteiger partial charge >= 0.3 is 0 Å². The van der Waals surface area contributed by atoms with Gasteiger partial charge in [-0.05, 0) is 55.7 Å². The zero-order valence-electron chi connectivity index (χ0n) is 20.0. The number of fused-ring (bicyclic) bond motifs is 1. The molecule has 0 radical (unpaired) electrons. The van der Waals surface area contributed by atoms with Crippen LogP contribution in [0.15, 0.2) is 73.2 Å². The first-order valence-electron chi connectivity index (χ1n) is 11.8. The van der Waals surface area contributed by atoms with Crippen LogP contribution in [0.4, 0.5) is 11.4 Å². The molecule has 5 aromatic rings. The average Bonchev–Trinajstić information content (AvgIpc) is 3.67. The Hall–Kier alpha value is -5.10. The van der Waals surface area contributed by atoms with Crippen molar-refractivity contribution in [2.75, 3.05) is 11.1 Å². The summed E-state index contributed by atoms with van der Waals surface area (Å²) in [6, 6.07) is 20.3. The highest BCUT2D eigenvalue weighted by atomic mass is 16.1. The fraction of sp³-hybridized carbons (Fsp3) is 0.143. The largest absolute Gasteiger partial charge is 0.397 e. The fourth-order valence-corrected chi connectivity index (χ4v) is 4.67. The molecular weight excluding hydrogens is 464 g/mol. The number of aromatic nitrogens is 5. The lowest BCUT2D eigenvalue weighted by Gasteiger charge is -2.16. The van der Waals surface area contributed by atoms with Gasteiger partial charge in [0.25, 0.3) is 5.91 Å². The van der Waals surface area contributed by atoms with E-state index in [1.165, 1.54) is 0 Å². The Kier molecular flexibility index (Phi) is 5.16. The van der Waals surface area contributed by atoms with Gasteiger partial charge in [0.2, 0.25) is 0 Å². The normalized spacial score (nSPS) is 13.7. The third kappa shape index (κ3) is 3.85. The van der Waals surface area contributed by atoms with E-state index in [4.69, 9.17) is 16.0 Å². The van der Waals surface area contributed by atoms with Gasteiger partial charge in [0, 0.05) is 17.8 Å². The molecule has 0 bridgehead atoms. The van der Waals surface area contributed by atoms with E-state index in [9.17, 15) is 4.79 Å². The van der Waals surface area contributed by atoms with Crippen LogP contribution >= 0.6 is 0 Å². The predicted octanol–water partition coefficient (Wildman–Crippen LogP) is 4.28. The molecule has 6 rings (SSSR count). The summed E-state index contributed by atoms with van der Waals surface area (Å²) in [4.78, 5) is 31.1. The van der Waals surface area contributed by atoms with Crippen molar-refractivity contribution in [1.29, 1.82) is 5.26 Å². The second kappa shape index (κ2) is 8.53. The molecule has 2 aromatic carbocycles. The number of carbonyl (C=O) groups is 1. The number of hydrogen-bond donors (Lipinski definition) is 2. The number of amides is 1. The van der Waals surface area contributed by atoms with Gasteiger partial charge in [-0.25, -0.2) is 19.9 Å². The van der Waals surface area contributed by atoms with Crippen LogP contribution in [-0.2, 0) is 5.41 Å². The molecule has 3 N–H and O–H groups in total. The summed E-state index contributed by atoms with van der Waals surface area (Å²) in [7, 11) is 0. The number of hydrogen-bond acceptors (Lipinski definition) is 7.